The van der Waals surface area contributed by atoms with Gasteiger partial charge in [-0.2, -0.15) is 0 Å². The van der Waals surface area contributed by atoms with Crippen LogP contribution in [0, 0.1) is 0 Å². The van der Waals surface area contributed by atoms with Crippen LogP contribution < -0.4 is 10.6 Å². The SMILES string of the molecule is CCC(C(=O)Nc1cc(O)c(NC(=O)c2cccc(C(=O)N(CCO)CCO)c2)cc1Cl)S(=O)(=O)c1ccc(SC)cc1. The normalized spacial score (nSPS) is 11.9. The summed E-state index contributed by atoms with van der Waals surface area (Å²) >= 11 is 7.78. The molecule has 0 aliphatic heterocycles. The third-order valence-corrected chi connectivity index (χ3v) is 9.70. The number of carbonyl (C=O) groups is 3. The number of carbonyl (C=O) groups excluding carboxylic acids is 3. The summed E-state index contributed by atoms with van der Waals surface area (Å²) in [4.78, 5) is 40.9. The van der Waals surface area contributed by atoms with Crippen LogP contribution in [0.4, 0.5) is 11.4 Å². The van der Waals surface area contributed by atoms with E-state index in [4.69, 9.17) is 11.6 Å². The zero-order valence-electron chi connectivity index (χ0n) is 23.4. The number of aromatic hydroxyl groups is 1. The Morgan fingerprint density at radius 1 is 0.930 bits per heavy atom. The van der Waals surface area contributed by atoms with Gasteiger partial charge in [-0.3, -0.25) is 14.4 Å². The van der Waals surface area contributed by atoms with Gasteiger partial charge in [0, 0.05) is 35.2 Å². The van der Waals surface area contributed by atoms with E-state index in [1.807, 2.05) is 6.26 Å². The van der Waals surface area contributed by atoms with Gasteiger partial charge in [-0.05, 0) is 61.2 Å². The van der Waals surface area contributed by atoms with Crippen LogP contribution >= 0.6 is 23.4 Å². The van der Waals surface area contributed by atoms with E-state index in [2.05, 4.69) is 10.6 Å². The molecule has 230 valence electrons. The Morgan fingerprint density at radius 2 is 1.56 bits per heavy atom. The Bertz CT molecular complexity index is 1580. The minimum atomic E-state index is -4.03. The highest BCUT2D eigenvalue weighted by molar-refractivity contribution is 7.98. The highest BCUT2D eigenvalue weighted by atomic mass is 35.5. The number of nitrogens with zero attached hydrogens (tertiary/aromatic N) is 1. The fourth-order valence-corrected chi connectivity index (χ4v) is 6.42. The molecular weight excluding hydrogens is 618 g/mol. The number of aliphatic hydroxyl groups excluding tert-OH is 2. The molecule has 43 heavy (non-hydrogen) atoms. The van der Waals surface area contributed by atoms with Crippen molar-refractivity contribution in [3.8, 4) is 5.75 Å². The van der Waals surface area contributed by atoms with Gasteiger partial charge >= 0.3 is 0 Å². The number of phenolic OH excluding ortho intramolecular Hbond substituents is 1. The van der Waals surface area contributed by atoms with Crippen LogP contribution in [0.5, 0.6) is 5.75 Å². The molecule has 1 atom stereocenters. The summed E-state index contributed by atoms with van der Waals surface area (Å²) in [6.07, 6.45) is 1.84. The molecule has 0 bridgehead atoms. The highest BCUT2D eigenvalue weighted by Crippen LogP contribution is 2.35. The van der Waals surface area contributed by atoms with Gasteiger partial charge in [0.15, 0.2) is 9.84 Å². The zero-order chi connectivity index (χ0) is 31.7. The maximum absolute atomic E-state index is 13.2. The minimum absolute atomic E-state index is 0.000393. The molecule has 14 heteroatoms. The van der Waals surface area contributed by atoms with E-state index < -0.39 is 38.6 Å². The molecule has 11 nitrogen and oxygen atoms in total. The Morgan fingerprint density at radius 3 is 2.14 bits per heavy atom. The maximum Gasteiger partial charge on any atom is 0.255 e. The van der Waals surface area contributed by atoms with Gasteiger partial charge in [0.05, 0.1) is 34.5 Å². The van der Waals surface area contributed by atoms with Gasteiger partial charge in [-0.1, -0.05) is 24.6 Å². The third kappa shape index (κ3) is 8.27. The van der Waals surface area contributed by atoms with Gasteiger partial charge in [-0.15, -0.1) is 11.8 Å². The zero-order valence-corrected chi connectivity index (χ0v) is 25.8. The summed E-state index contributed by atoms with van der Waals surface area (Å²) < 4.78 is 26.4. The average molecular weight is 650 g/mol. The first-order valence-corrected chi connectivity index (χ1v) is 16.2. The molecule has 0 saturated heterocycles. The minimum Gasteiger partial charge on any atom is -0.506 e. The van der Waals surface area contributed by atoms with Gasteiger partial charge in [0.1, 0.15) is 11.0 Å². The topological polar surface area (TPSA) is 173 Å². The van der Waals surface area contributed by atoms with Gasteiger partial charge in [-0.25, -0.2) is 8.42 Å². The number of hydrogen-bond donors (Lipinski definition) is 5. The summed E-state index contributed by atoms with van der Waals surface area (Å²) in [6.45, 7) is 0.963. The van der Waals surface area contributed by atoms with E-state index in [9.17, 15) is 38.1 Å². The first-order chi connectivity index (χ1) is 20.5. The number of thioether (sulfide) groups is 1. The molecule has 0 aliphatic rings. The van der Waals surface area contributed by atoms with E-state index in [1.165, 1.54) is 59.1 Å². The number of phenols is 1. The lowest BCUT2D eigenvalue weighted by Gasteiger charge is -2.21. The number of amides is 3. The fraction of sp³-hybridized carbons (Fsp3) is 0.276. The monoisotopic (exact) mass is 649 g/mol. The van der Waals surface area contributed by atoms with E-state index in [0.29, 0.717) is 0 Å². The van der Waals surface area contributed by atoms with Gasteiger partial charge in [0.2, 0.25) is 5.91 Å². The lowest BCUT2D eigenvalue weighted by atomic mass is 10.1. The average Bonchev–Trinajstić information content (AvgIpc) is 2.99. The Kier molecular flexibility index (Phi) is 12.0. The molecule has 0 spiro atoms. The Balaban J connectivity index is 1.77. The van der Waals surface area contributed by atoms with E-state index in [-0.39, 0.29) is 65.1 Å². The third-order valence-electron chi connectivity index (χ3n) is 6.42. The second-order valence-corrected chi connectivity index (χ2v) is 12.6. The van der Waals surface area contributed by atoms with Crippen molar-refractivity contribution in [3.63, 3.8) is 0 Å². The predicted molar refractivity (Wildman–Crippen MR) is 166 cm³/mol. The summed E-state index contributed by atoms with van der Waals surface area (Å²) in [6, 6.07) is 14.2. The van der Waals surface area contributed by atoms with Crippen molar-refractivity contribution in [2.75, 3.05) is 43.2 Å². The van der Waals surface area contributed by atoms with Crippen LogP contribution in [0.1, 0.15) is 34.1 Å². The van der Waals surface area contributed by atoms with Crippen molar-refractivity contribution in [3.05, 3.63) is 76.8 Å². The fourth-order valence-electron chi connectivity index (χ4n) is 4.17. The number of nitrogens with one attached hydrogen (secondary N) is 2. The van der Waals surface area contributed by atoms with Crippen LogP contribution in [0.3, 0.4) is 0 Å². The van der Waals surface area contributed by atoms with Crippen molar-refractivity contribution in [2.24, 2.45) is 0 Å². The van der Waals surface area contributed by atoms with Crippen LogP contribution in [-0.2, 0) is 14.6 Å². The highest BCUT2D eigenvalue weighted by Gasteiger charge is 2.33. The first-order valence-electron chi connectivity index (χ1n) is 13.1. The predicted octanol–water partition coefficient (Wildman–Crippen LogP) is 3.64. The van der Waals surface area contributed by atoms with Crippen molar-refractivity contribution in [1.82, 2.24) is 4.90 Å². The molecule has 1 unspecified atom stereocenters. The molecule has 0 aliphatic carbocycles. The summed E-state index contributed by atoms with van der Waals surface area (Å²) in [5, 5.41) is 32.4. The molecule has 3 aromatic rings. The number of anilines is 2. The van der Waals surface area contributed by atoms with E-state index in [0.717, 1.165) is 11.0 Å². The molecular formula is C29H32ClN3O8S2. The number of rotatable bonds is 13. The molecule has 0 saturated carbocycles. The maximum atomic E-state index is 13.2. The van der Waals surface area contributed by atoms with E-state index >= 15 is 0 Å². The molecule has 5 N–H and O–H groups in total. The van der Waals surface area contributed by atoms with Crippen molar-refractivity contribution in [1.29, 1.82) is 0 Å². The van der Waals surface area contributed by atoms with Crippen molar-refractivity contribution in [2.45, 2.75) is 28.4 Å². The van der Waals surface area contributed by atoms with Gasteiger partial charge < -0.3 is 30.9 Å². The number of sulfone groups is 1. The van der Waals surface area contributed by atoms with Crippen molar-refractivity contribution < 1.29 is 38.1 Å². The Hall–Kier alpha value is -3.62. The molecule has 3 aromatic carbocycles. The molecule has 3 rings (SSSR count). The molecule has 0 heterocycles. The Labute approximate surface area is 258 Å². The number of hydrogen-bond acceptors (Lipinski definition) is 9. The smallest absolute Gasteiger partial charge is 0.255 e. The molecule has 3 amide bonds. The molecule has 0 aromatic heterocycles. The van der Waals surface area contributed by atoms with Crippen LogP contribution in [0.2, 0.25) is 5.02 Å². The van der Waals surface area contributed by atoms with Crippen molar-refractivity contribution >= 4 is 62.3 Å². The lowest BCUT2D eigenvalue weighted by molar-refractivity contribution is -0.115. The first kappa shape index (κ1) is 33.9. The van der Waals surface area contributed by atoms with E-state index in [1.54, 1.807) is 19.1 Å². The molecule has 0 fully saturated rings. The number of aliphatic hydroxyl groups is 2. The summed E-state index contributed by atoms with van der Waals surface area (Å²) in [7, 11) is -4.03. The molecule has 0 radical (unpaired) electrons. The van der Waals surface area contributed by atoms with Crippen LogP contribution in [0.15, 0.2) is 70.5 Å². The second-order valence-electron chi connectivity index (χ2n) is 9.23. The lowest BCUT2D eigenvalue weighted by Crippen LogP contribution is -2.36. The van der Waals surface area contributed by atoms with Crippen LogP contribution in [0.25, 0.3) is 0 Å². The standard InChI is InChI=1S/C29H32ClN3O8S2/c1-3-26(43(40,41)21-9-7-20(42-2)8-10-21)28(38)31-23-17-25(36)24(16-22(23)30)32-27(37)18-5-4-6-19(15-18)29(39)33(11-13-34)12-14-35/h4-10,15-17,26,34-36H,3,11-14H2,1-2H3,(H,31,38)(H,32,37). The second kappa shape index (κ2) is 15.2. The largest absolute Gasteiger partial charge is 0.506 e. The summed E-state index contributed by atoms with van der Waals surface area (Å²) in [5.74, 6) is -2.47. The van der Waals surface area contributed by atoms with Crippen LogP contribution in [-0.4, -0.2) is 84.2 Å². The number of benzene rings is 3. The quantitative estimate of drug-likeness (QED) is 0.137. The summed E-state index contributed by atoms with van der Waals surface area (Å²) in [5.41, 5.74) is 0.0678. The number of halogens is 1. The van der Waals surface area contributed by atoms with Gasteiger partial charge in [0.25, 0.3) is 11.8 Å².